The standard InChI is InChI=1S/C19H23N3O3/c1-3-4-5-10-21-18(23)14-9-11-20-17(12-14)19(24)22-15-7-6-8-16(13-15)25-2/h6-9,11-13H,3-5,10H2,1-2H3,(H,21,23)(H,22,24). The quantitative estimate of drug-likeness (QED) is 0.722. The van der Waals surface area contributed by atoms with Gasteiger partial charge >= 0.3 is 0 Å². The van der Waals surface area contributed by atoms with Crippen LogP contribution < -0.4 is 15.4 Å². The van der Waals surface area contributed by atoms with E-state index < -0.39 is 0 Å². The van der Waals surface area contributed by atoms with Gasteiger partial charge in [0, 0.05) is 30.1 Å². The molecule has 6 heteroatoms. The summed E-state index contributed by atoms with van der Waals surface area (Å²) in [5, 5.41) is 5.60. The van der Waals surface area contributed by atoms with E-state index in [-0.39, 0.29) is 17.5 Å². The molecule has 0 spiro atoms. The molecule has 0 aliphatic carbocycles. The van der Waals surface area contributed by atoms with E-state index in [1.54, 1.807) is 37.4 Å². The first-order chi connectivity index (χ1) is 12.1. The number of carbonyl (C=O) groups excluding carboxylic acids is 2. The second kappa shape index (κ2) is 9.42. The number of aromatic nitrogens is 1. The first kappa shape index (κ1) is 18.4. The fourth-order valence-electron chi connectivity index (χ4n) is 2.27. The molecule has 1 aromatic carbocycles. The first-order valence-corrected chi connectivity index (χ1v) is 8.33. The van der Waals surface area contributed by atoms with E-state index in [4.69, 9.17) is 4.74 Å². The van der Waals surface area contributed by atoms with E-state index in [1.807, 2.05) is 0 Å². The van der Waals surface area contributed by atoms with Crippen LogP contribution in [0.5, 0.6) is 5.75 Å². The molecular formula is C19H23N3O3. The summed E-state index contributed by atoms with van der Waals surface area (Å²) in [5.41, 5.74) is 1.20. The second-order valence-electron chi connectivity index (χ2n) is 5.58. The predicted octanol–water partition coefficient (Wildman–Crippen LogP) is 3.26. The number of anilines is 1. The molecule has 0 saturated heterocycles. The van der Waals surface area contributed by atoms with Crippen LogP contribution in [0, 0.1) is 0 Å². The molecule has 0 aliphatic rings. The Balaban J connectivity index is 2.01. The summed E-state index contributed by atoms with van der Waals surface area (Å²) in [6.07, 6.45) is 4.57. The van der Waals surface area contributed by atoms with Gasteiger partial charge < -0.3 is 15.4 Å². The number of hydrogen-bond acceptors (Lipinski definition) is 4. The summed E-state index contributed by atoms with van der Waals surface area (Å²) < 4.78 is 5.13. The topological polar surface area (TPSA) is 80.3 Å². The molecule has 0 saturated carbocycles. The van der Waals surface area contributed by atoms with E-state index in [0.29, 0.717) is 23.5 Å². The Bertz CT molecular complexity index is 731. The van der Waals surface area contributed by atoms with E-state index in [1.165, 1.54) is 12.3 Å². The van der Waals surface area contributed by atoms with Crippen molar-refractivity contribution >= 4 is 17.5 Å². The Morgan fingerprint density at radius 1 is 1.12 bits per heavy atom. The van der Waals surface area contributed by atoms with Gasteiger partial charge in [0.1, 0.15) is 11.4 Å². The molecule has 2 amide bonds. The van der Waals surface area contributed by atoms with Gasteiger partial charge in [0.15, 0.2) is 0 Å². The summed E-state index contributed by atoms with van der Waals surface area (Å²) in [4.78, 5) is 28.5. The number of benzene rings is 1. The van der Waals surface area contributed by atoms with Crippen molar-refractivity contribution in [3.8, 4) is 5.75 Å². The van der Waals surface area contributed by atoms with E-state index in [9.17, 15) is 9.59 Å². The van der Waals surface area contributed by atoms with E-state index in [0.717, 1.165) is 19.3 Å². The third-order valence-electron chi connectivity index (χ3n) is 3.65. The van der Waals surface area contributed by atoms with Gasteiger partial charge in [-0.2, -0.15) is 0 Å². The van der Waals surface area contributed by atoms with Crippen molar-refractivity contribution in [1.29, 1.82) is 0 Å². The minimum Gasteiger partial charge on any atom is -0.497 e. The summed E-state index contributed by atoms with van der Waals surface area (Å²) in [7, 11) is 1.56. The van der Waals surface area contributed by atoms with Crippen LogP contribution in [-0.2, 0) is 0 Å². The first-order valence-electron chi connectivity index (χ1n) is 8.33. The SMILES string of the molecule is CCCCCNC(=O)c1ccnc(C(=O)Nc2cccc(OC)c2)c1. The lowest BCUT2D eigenvalue weighted by atomic mass is 10.2. The van der Waals surface area contributed by atoms with Gasteiger partial charge in [-0.15, -0.1) is 0 Å². The molecule has 0 radical (unpaired) electrons. The Morgan fingerprint density at radius 3 is 2.72 bits per heavy atom. The van der Waals surface area contributed by atoms with Crippen molar-refractivity contribution in [1.82, 2.24) is 10.3 Å². The molecule has 2 N–H and O–H groups in total. The number of hydrogen-bond donors (Lipinski definition) is 2. The molecule has 132 valence electrons. The maximum Gasteiger partial charge on any atom is 0.274 e. The van der Waals surface area contributed by atoms with Gasteiger partial charge in [-0.1, -0.05) is 25.8 Å². The molecule has 6 nitrogen and oxygen atoms in total. The molecule has 25 heavy (non-hydrogen) atoms. The van der Waals surface area contributed by atoms with Gasteiger partial charge in [0.05, 0.1) is 7.11 Å². The molecule has 0 aliphatic heterocycles. The minimum absolute atomic E-state index is 0.184. The van der Waals surface area contributed by atoms with Crippen LogP contribution >= 0.6 is 0 Å². The summed E-state index contributed by atoms with van der Waals surface area (Å²) in [6.45, 7) is 2.73. The molecule has 2 rings (SSSR count). The molecule has 0 bridgehead atoms. The average molecular weight is 341 g/mol. The number of nitrogens with zero attached hydrogens (tertiary/aromatic N) is 1. The van der Waals surface area contributed by atoms with Crippen molar-refractivity contribution in [2.24, 2.45) is 0 Å². The second-order valence-corrected chi connectivity index (χ2v) is 5.58. The van der Waals surface area contributed by atoms with Gasteiger partial charge in [-0.05, 0) is 30.7 Å². The summed E-state index contributed by atoms with van der Waals surface area (Å²) in [6, 6.07) is 10.1. The largest absolute Gasteiger partial charge is 0.497 e. The lowest BCUT2D eigenvalue weighted by molar-refractivity contribution is 0.0953. The number of nitrogens with one attached hydrogen (secondary N) is 2. The molecule has 0 unspecified atom stereocenters. The van der Waals surface area contributed by atoms with Gasteiger partial charge in [0.2, 0.25) is 0 Å². The third-order valence-corrected chi connectivity index (χ3v) is 3.65. The van der Waals surface area contributed by atoms with Crippen molar-refractivity contribution in [3.63, 3.8) is 0 Å². The number of ether oxygens (including phenoxy) is 1. The fraction of sp³-hybridized carbons (Fsp3) is 0.316. The highest BCUT2D eigenvalue weighted by molar-refractivity contribution is 6.04. The normalized spacial score (nSPS) is 10.2. The highest BCUT2D eigenvalue weighted by atomic mass is 16.5. The minimum atomic E-state index is -0.381. The summed E-state index contributed by atoms with van der Waals surface area (Å²) >= 11 is 0. The van der Waals surface area contributed by atoms with Gasteiger partial charge in [-0.3, -0.25) is 14.6 Å². The highest BCUT2D eigenvalue weighted by Crippen LogP contribution is 2.17. The number of unbranched alkanes of at least 4 members (excludes halogenated alkanes) is 2. The van der Waals surface area contributed by atoms with Crippen LogP contribution in [0.25, 0.3) is 0 Å². The van der Waals surface area contributed by atoms with E-state index >= 15 is 0 Å². The Hall–Kier alpha value is -2.89. The molecule has 1 heterocycles. The number of rotatable bonds is 8. The maximum absolute atomic E-state index is 12.3. The number of methoxy groups -OCH3 is 1. The number of pyridine rings is 1. The maximum atomic E-state index is 12.3. The van der Waals surface area contributed by atoms with Crippen LogP contribution in [0.15, 0.2) is 42.6 Å². The molecule has 2 aromatic rings. The van der Waals surface area contributed by atoms with Crippen molar-refractivity contribution in [2.75, 3.05) is 19.0 Å². The van der Waals surface area contributed by atoms with Crippen molar-refractivity contribution in [3.05, 3.63) is 53.9 Å². The monoisotopic (exact) mass is 341 g/mol. The average Bonchev–Trinajstić information content (AvgIpc) is 2.65. The Kier molecular flexibility index (Phi) is 6.95. The molecule has 1 aromatic heterocycles. The molecule has 0 atom stereocenters. The Morgan fingerprint density at radius 2 is 1.96 bits per heavy atom. The Labute approximate surface area is 147 Å². The zero-order valence-corrected chi connectivity index (χ0v) is 14.5. The number of carbonyl (C=O) groups is 2. The van der Waals surface area contributed by atoms with Crippen LogP contribution in [0.3, 0.4) is 0 Å². The fourth-order valence-corrected chi connectivity index (χ4v) is 2.27. The lowest BCUT2D eigenvalue weighted by Gasteiger charge is -2.08. The summed E-state index contributed by atoms with van der Waals surface area (Å²) in [5.74, 6) is 0.0637. The lowest BCUT2D eigenvalue weighted by Crippen LogP contribution is -2.25. The smallest absolute Gasteiger partial charge is 0.274 e. The van der Waals surface area contributed by atoms with E-state index in [2.05, 4.69) is 22.5 Å². The molecular weight excluding hydrogens is 318 g/mol. The predicted molar refractivity (Wildman–Crippen MR) is 97.0 cm³/mol. The van der Waals surface area contributed by atoms with Crippen LogP contribution in [0.4, 0.5) is 5.69 Å². The molecule has 0 fully saturated rings. The van der Waals surface area contributed by atoms with Crippen LogP contribution in [0.2, 0.25) is 0 Å². The van der Waals surface area contributed by atoms with Crippen LogP contribution in [-0.4, -0.2) is 30.5 Å². The van der Waals surface area contributed by atoms with Gasteiger partial charge in [-0.25, -0.2) is 0 Å². The third kappa shape index (κ3) is 5.60. The van der Waals surface area contributed by atoms with Crippen LogP contribution in [0.1, 0.15) is 47.0 Å². The van der Waals surface area contributed by atoms with Gasteiger partial charge in [0.25, 0.3) is 11.8 Å². The van der Waals surface area contributed by atoms with Crippen molar-refractivity contribution in [2.45, 2.75) is 26.2 Å². The van der Waals surface area contributed by atoms with Crippen molar-refractivity contribution < 1.29 is 14.3 Å². The zero-order chi connectivity index (χ0) is 18.1. The number of amides is 2. The zero-order valence-electron chi connectivity index (χ0n) is 14.5. The highest BCUT2D eigenvalue weighted by Gasteiger charge is 2.12.